The molecular formula is C9H15Cl2Hf. The van der Waals surface area contributed by atoms with Gasteiger partial charge in [-0.05, 0) is 0 Å². The molecule has 0 nitrogen and oxygen atoms in total. The molecule has 0 saturated carbocycles. The van der Waals surface area contributed by atoms with Crippen LogP contribution in [0.2, 0.25) is 0 Å². The zero-order chi connectivity index (χ0) is 7.40. The van der Waals surface area contributed by atoms with Crippen molar-refractivity contribution in [1.29, 1.82) is 0 Å². The average molecular weight is 373 g/mol. The number of halogens is 2. The van der Waals surface area contributed by atoms with Gasteiger partial charge < -0.3 is 0 Å². The van der Waals surface area contributed by atoms with Gasteiger partial charge in [-0.2, -0.15) is 0 Å². The van der Waals surface area contributed by atoms with E-state index in [1.165, 1.54) is 50.1 Å². The standard InChI is InChI=1S/C9H13.2ClH.Hf/c1-2-3-6-9-7-4-5-8-9;;;/h4,7H,2-3,5-6H2,1H3;2*1H;. The second kappa shape index (κ2) is 8.52. The minimum Gasteiger partial charge on any atom is -0.147 e. The summed E-state index contributed by atoms with van der Waals surface area (Å²) in [6, 6.07) is 0. The Morgan fingerprint density at radius 3 is 2.50 bits per heavy atom. The zero-order valence-corrected chi connectivity index (χ0v) is 12.5. The Balaban J connectivity index is 0. The van der Waals surface area contributed by atoms with E-state index in [2.05, 4.69) is 19.1 Å². The van der Waals surface area contributed by atoms with Gasteiger partial charge in [0.1, 0.15) is 0 Å². The first-order valence-corrected chi connectivity index (χ1v) is 5.74. The van der Waals surface area contributed by atoms with Crippen molar-refractivity contribution < 1.29 is 24.4 Å². The van der Waals surface area contributed by atoms with E-state index in [4.69, 9.17) is 0 Å². The van der Waals surface area contributed by atoms with Crippen LogP contribution in [0.25, 0.3) is 0 Å². The van der Waals surface area contributed by atoms with Crippen LogP contribution in [0.15, 0.2) is 21.1 Å². The molecule has 0 radical (unpaired) electrons. The van der Waals surface area contributed by atoms with Crippen molar-refractivity contribution in [2.24, 2.45) is 0 Å². The molecule has 0 spiro atoms. The topological polar surface area (TPSA) is 0 Å². The van der Waals surface area contributed by atoms with Crippen LogP contribution in [0.1, 0.15) is 32.6 Å². The van der Waals surface area contributed by atoms with Crippen molar-refractivity contribution in [2.75, 3.05) is 0 Å². The van der Waals surface area contributed by atoms with Crippen LogP contribution in [0.5, 0.6) is 0 Å². The summed E-state index contributed by atoms with van der Waals surface area (Å²) >= 11 is 1.27. The number of hydrogen-bond acceptors (Lipinski definition) is 0. The van der Waals surface area contributed by atoms with E-state index in [1.54, 1.807) is 8.90 Å². The van der Waals surface area contributed by atoms with Crippen LogP contribution in [0.3, 0.4) is 0 Å². The minimum absolute atomic E-state index is 0. The van der Waals surface area contributed by atoms with Gasteiger partial charge >= 0.3 is 78.0 Å². The number of hydrogen-bond donors (Lipinski definition) is 0. The first-order chi connectivity index (χ1) is 4.84. The fourth-order valence-corrected chi connectivity index (χ4v) is 2.32. The Morgan fingerprint density at radius 2 is 2.08 bits per heavy atom. The van der Waals surface area contributed by atoms with Crippen molar-refractivity contribution in [3.63, 3.8) is 0 Å². The third-order valence-corrected chi connectivity index (χ3v) is 3.72. The summed E-state index contributed by atoms with van der Waals surface area (Å²) in [6.45, 7) is 2.26. The SMILES string of the molecule is CCCCC1=[C]([Hf])CC=C1.Cl.Cl. The smallest absolute Gasteiger partial charge is 0.147 e. The van der Waals surface area contributed by atoms with Crippen molar-refractivity contribution in [2.45, 2.75) is 32.6 Å². The van der Waals surface area contributed by atoms with Crippen LogP contribution in [0.4, 0.5) is 0 Å². The molecule has 0 aliphatic heterocycles. The second-order valence-corrected chi connectivity index (χ2v) is 4.88. The molecule has 69 valence electrons. The molecule has 0 aromatic rings. The van der Waals surface area contributed by atoms with Gasteiger partial charge in [0.15, 0.2) is 0 Å². The molecule has 1 rings (SSSR count). The Kier molecular flexibility index (Phi) is 10.9. The maximum absolute atomic E-state index is 2.32. The third kappa shape index (κ3) is 4.84. The molecule has 0 heterocycles. The Bertz CT molecular complexity index is 173. The Morgan fingerprint density at radius 1 is 1.42 bits per heavy atom. The molecule has 0 unspecified atom stereocenters. The Labute approximate surface area is 102 Å². The Hall–Kier alpha value is 0.930. The van der Waals surface area contributed by atoms with Gasteiger partial charge in [0.25, 0.3) is 0 Å². The van der Waals surface area contributed by atoms with Crippen molar-refractivity contribution in [3.8, 4) is 0 Å². The number of rotatable bonds is 3. The first-order valence-electron chi connectivity index (χ1n) is 3.94. The minimum atomic E-state index is 0. The molecule has 1 aliphatic carbocycles. The maximum Gasteiger partial charge on any atom is -0.147 e. The molecule has 12 heavy (non-hydrogen) atoms. The quantitative estimate of drug-likeness (QED) is 0.662. The molecule has 0 aromatic carbocycles. The van der Waals surface area contributed by atoms with Crippen LogP contribution in [-0.2, 0) is 24.4 Å². The largest absolute Gasteiger partial charge is 0.147 e. The number of unbranched alkanes of at least 4 members (excludes halogenated alkanes) is 1. The molecule has 1 aliphatic rings. The van der Waals surface area contributed by atoms with E-state index in [-0.39, 0.29) is 24.8 Å². The van der Waals surface area contributed by atoms with E-state index < -0.39 is 0 Å². The molecule has 0 N–H and O–H groups in total. The zero-order valence-electron chi connectivity index (χ0n) is 7.30. The van der Waals surface area contributed by atoms with E-state index in [9.17, 15) is 0 Å². The second-order valence-electron chi connectivity index (χ2n) is 2.71. The molecule has 0 aromatic heterocycles. The first kappa shape index (κ1) is 15.4. The fourth-order valence-electron chi connectivity index (χ4n) is 1.15. The summed E-state index contributed by atoms with van der Waals surface area (Å²) in [5.74, 6) is 0. The number of allylic oxidation sites excluding steroid dienone is 4. The summed E-state index contributed by atoms with van der Waals surface area (Å²) in [6.07, 6.45) is 9.89. The summed E-state index contributed by atoms with van der Waals surface area (Å²) in [5, 5.41) is 0. The molecule has 0 bridgehead atoms. The monoisotopic (exact) mass is 373 g/mol. The average Bonchev–Trinajstić information content (AvgIpc) is 2.31. The summed E-state index contributed by atoms with van der Waals surface area (Å²) in [4.78, 5) is 0. The van der Waals surface area contributed by atoms with Gasteiger partial charge in [-0.25, -0.2) is 0 Å². The van der Waals surface area contributed by atoms with Gasteiger partial charge in [-0.1, -0.05) is 0 Å². The molecular weight excluding hydrogens is 357 g/mol. The van der Waals surface area contributed by atoms with E-state index in [0.29, 0.717) is 0 Å². The molecule has 0 fully saturated rings. The summed E-state index contributed by atoms with van der Waals surface area (Å²) in [5.41, 5.74) is 1.65. The van der Waals surface area contributed by atoms with E-state index in [1.807, 2.05) is 0 Å². The summed E-state index contributed by atoms with van der Waals surface area (Å²) < 4.78 is 1.72. The fraction of sp³-hybridized carbons (Fsp3) is 0.556. The molecule has 0 saturated heterocycles. The molecule has 0 amide bonds. The van der Waals surface area contributed by atoms with Gasteiger partial charge in [0.2, 0.25) is 0 Å². The van der Waals surface area contributed by atoms with E-state index in [0.717, 1.165) is 0 Å². The van der Waals surface area contributed by atoms with Crippen LogP contribution in [-0.4, -0.2) is 0 Å². The normalized spacial score (nSPS) is 14.0. The predicted octanol–water partition coefficient (Wildman–Crippen LogP) is 3.78. The predicted molar refractivity (Wildman–Crippen MR) is 54.8 cm³/mol. The van der Waals surface area contributed by atoms with Gasteiger partial charge in [-0.15, -0.1) is 24.8 Å². The van der Waals surface area contributed by atoms with Crippen LogP contribution < -0.4 is 0 Å². The van der Waals surface area contributed by atoms with E-state index >= 15 is 0 Å². The van der Waals surface area contributed by atoms with Crippen molar-refractivity contribution in [1.82, 2.24) is 0 Å². The summed E-state index contributed by atoms with van der Waals surface area (Å²) in [7, 11) is 0. The third-order valence-electron chi connectivity index (χ3n) is 1.83. The van der Waals surface area contributed by atoms with Crippen LogP contribution in [0, 0.1) is 0 Å². The molecule has 0 atom stereocenters. The van der Waals surface area contributed by atoms with Gasteiger partial charge in [-0.3, -0.25) is 0 Å². The maximum atomic E-state index is 2.32. The van der Waals surface area contributed by atoms with Crippen molar-refractivity contribution >= 4 is 24.8 Å². The van der Waals surface area contributed by atoms with Crippen LogP contribution >= 0.6 is 24.8 Å². The van der Waals surface area contributed by atoms with Gasteiger partial charge in [0, 0.05) is 0 Å². The molecule has 3 heteroatoms. The van der Waals surface area contributed by atoms with Crippen molar-refractivity contribution in [3.05, 3.63) is 21.1 Å². The van der Waals surface area contributed by atoms with Gasteiger partial charge in [0.05, 0.1) is 0 Å².